The van der Waals surface area contributed by atoms with Gasteiger partial charge in [0.1, 0.15) is 5.01 Å². The van der Waals surface area contributed by atoms with Gasteiger partial charge < -0.3 is 5.11 Å². The van der Waals surface area contributed by atoms with Gasteiger partial charge in [0.15, 0.2) is 0 Å². The summed E-state index contributed by atoms with van der Waals surface area (Å²) in [6, 6.07) is 14.1. The molecule has 0 aliphatic heterocycles. The van der Waals surface area contributed by atoms with Crippen molar-refractivity contribution in [3.8, 4) is 16.3 Å². The van der Waals surface area contributed by atoms with E-state index in [1.54, 1.807) is 12.1 Å². The fourth-order valence-corrected chi connectivity index (χ4v) is 3.11. The fraction of sp³-hybridized carbons (Fsp3) is 0.167. The summed E-state index contributed by atoms with van der Waals surface area (Å²) in [5, 5.41) is 14.0. The number of carboxylic acids is 1. The monoisotopic (exact) mass is 340 g/mol. The van der Waals surface area contributed by atoms with E-state index in [2.05, 4.69) is 18.9 Å². The van der Waals surface area contributed by atoms with Crippen LogP contribution in [0.15, 0.2) is 53.3 Å². The lowest BCUT2D eigenvalue weighted by Gasteiger charge is -2.05. The summed E-state index contributed by atoms with van der Waals surface area (Å²) in [5.74, 6) is -0.598. The number of nitrogens with zero attached hydrogens (tertiary/aromatic N) is 2. The van der Waals surface area contributed by atoms with Crippen LogP contribution in [0.5, 0.6) is 0 Å². The van der Waals surface area contributed by atoms with Gasteiger partial charge in [0.2, 0.25) is 0 Å². The number of benzene rings is 2. The van der Waals surface area contributed by atoms with Gasteiger partial charge in [-0.1, -0.05) is 55.5 Å². The van der Waals surface area contributed by atoms with Crippen molar-refractivity contribution >= 4 is 17.3 Å². The van der Waals surface area contributed by atoms with Gasteiger partial charge >= 0.3 is 10.8 Å². The molecule has 3 aromatic rings. The zero-order chi connectivity index (χ0) is 17.3. The number of aromatic carboxylic acids is 1. The molecule has 0 saturated carbocycles. The number of aromatic nitrogens is 2. The van der Waals surface area contributed by atoms with Crippen LogP contribution in [0.25, 0.3) is 16.3 Å². The highest BCUT2D eigenvalue weighted by molar-refractivity contribution is 7.12. The standard InChI is InChI=1S/C18H16N2O3S/c1-11(2)12-6-8-13(9-7-12)16-19-20(18(23)24-16)15-5-3-4-14(10-15)17(21)22/h3-11H,1-2H3,(H,21,22). The molecule has 0 radical (unpaired) electrons. The van der Waals surface area contributed by atoms with Crippen molar-refractivity contribution < 1.29 is 9.90 Å². The molecule has 1 heterocycles. The van der Waals surface area contributed by atoms with E-state index in [0.29, 0.717) is 16.6 Å². The van der Waals surface area contributed by atoms with E-state index in [4.69, 9.17) is 5.11 Å². The molecule has 5 nitrogen and oxygen atoms in total. The average molecular weight is 340 g/mol. The normalized spacial score (nSPS) is 11.0. The van der Waals surface area contributed by atoms with Crippen molar-refractivity contribution in [1.29, 1.82) is 0 Å². The van der Waals surface area contributed by atoms with Gasteiger partial charge in [-0.2, -0.15) is 9.78 Å². The van der Waals surface area contributed by atoms with E-state index in [9.17, 15) is 9.59 Å². The zero-order valence-electron chi connectivity index (χ0n) is 13.3. The second-order valence-electron chi connectivity index (χ2n) is 5.72. The average Bonchev–Trinajstić information content (AvgIpc) is 2.97. The quantitative estimate of drug-likeness (QED) is 0.784. The molecule has 0 fully saturated rings. The predicted molar refractivity (Wildman–Crippen MR) is 94.2 cm³/mol. The van der Waals surface area contributed by atoms with Crippen LogP contribution in [0.2, 0.25) is 0 Å². The SMILES string of the molecule is CC(C)c1ccc(-c2nn(-c3cccc(C(=O)O)c3)c(=O)s2)cc1. The molecule has 6 heteroatoms. The van der Waals surface area contributed by atoms with Gasteiger partial charge in [-0.25, -0.2) is 4.79 Å². The third kappa shape index (κ3) is 3.14. The molecule has 0 amide bonds. The maximum Gasteiger partial charge on any atom is 0.335 e. The zero-order valence-corrected chi connectivity index (χ0v) is 14.1. The molecule has 3 rings (SSSR count). The van der Waals surface area contributed by atoms with Gasteiger partial charge in [0, 0.05) is 5.56 Å². The Bertz CT molecular complexity index is 939. The van der Waals surface area contributed by atoms with E-state index in [1.165, 1.54) is 22.4 Å². The largest absolute Gasteiger partial charge is 0.478 e. The van der Waals surface area contributed by atoms with Crippen LogP contribution in [0.1, 0.15) is 35.7 Å². The number of rotatable bonds is 4. The first kappa shape index (κ1) is 16.1. The highest BCUT2D eigenvalue weighted by Gasteiger charge is 2.12. The Hall–Kier alpha value is -2.73. The Morgan fingerprint density at radius 3 is 2.50 bits per heavy atom. The van der Waals surface area contributed by atoms with Crippen LogP contribution >= 0.6 is 11.3 Å². The number of hydrogen-bond donors (Lipinski definition) is 1. The molecule has 0 aliphatic rings. The number of carboxylic acid groups (broad SMARTS) is 1. The molecule has 0 bridgehead atoms. The minimum atomic E-state index is -1.04. The molecule has 122 valence electrons. The van der Waals surface area contributed by atoms with Gasteiger partial charge in [0.25, 0.3) is 0 Å². The van der Waals surface area contributed by atoms with Gasteiger partial charge in [-0.05, 0) is 29.7 Å². The molecule has 24 heavy (non-hydrogen) atoms. The highest BCUT2D eigenvalue weighted by atomic mass is 32.1. The third-order valence-electron chi connectivity index (χ3n) is 3.71. The summed E-state index contributed by atoms with van der Waals surface area (Å²) in [6.07, 6.45) is 0. The predicted octanol–water partition coefficient (Wildman–Crippen LogP) is 3.78. The minimum Gasteiger partial charge on any atom is -0.478 e. The Morgan fingerprint density at radius 2 is 1.88 bits per heavy atom. The summed E-state index contributed by atoms with van der Waals surface area (Å²) >= 11 is 1.04. The summed E-state index contributed by atoms with van der Waals surface area (Å²) in [4.78, 5) is 23.1. The lowest BCUT2D eigenvalue weighted by Crippen LogP contribution is -2.12. The van der Waals surface area contributed by atoms with E-state index in [0.717, 1.165) is 16.9 Å². The van der Waals surface area contributed by atoms with Crippen LogP contribution in [0.4, 0.5) is 0 Å². The Labute approximate surface area is 142 Å². The molecule has 1 aromatic heterocycles. The Balaban J connectivity index is 2.00. The molecule has 0 saturated heterocycles. The lowest BCUT2D eigenvalue weighted by atomic mass is 10.0. The van der Waals surface area contributed by atoms with Crippen molar-refractivity contribution in [2.45, 2.75) is 19.8 Å². The Morgan fingerprint density at radius 1 is 1.17 bits per heavy atom. The van der Waals surface area contributed by atoms with Crippen molar-refractivity contribution in [2.75, 3.05) is 0 Å². The summed E-state index contributed by atoms with van der Waals surface area (Å²) < 4.78 is 1.24. The second kappa shape index (κ2) is 6.41. The van der Waals surface area contributed by atoms with Crippen LogP contribution in [-0.4, -0.2) is 20.9 Å². The molecular formula is C18H16N2O3S. The summed E-state index contributed by atoms with van der Waals surface area (Å²) in [5.41, 5.74) is 2.66. The van der Waals surface area contributed by atoms with Gasteiger partial charge in [0.05, 0.1) is 11.3 Å². The van der Waals surface area contributed by atoms with E-state index >= 15 is 0 Å². The fourth-order valence-electron chi connectivity index (χ4n) is 2.34. The molecule has 0 spiro atoms. The summed E-state index contributed by atoms with van der Waals surface area (Å²) in [7, 11) is 0. The van der Waals surface area contributed by atoms with Crippen LogP contribution in [0, 0.1) is 0 Å². The maximum atomic E-state index is 12.2. The molecule has 1 N–H and O–H groups in total. The molecule has 0 unspecified atom stereocenters. The summed E-state index contributed by atoms with van der Waals surface area (Å²) in [6.45, 7) is 4.25. The third-order valence-corrected chi connectivity index (χ3v) is 4.57. The van der Waals surface area contributed by atoms with Crippen LogP contribution in [0.3, 0.4) is 0 Å². The van der Waals surface area contributed by atoms with Gasteiger partial charge in [-0.3, -0.25) is 4.79 Å². The smallest absolute Gasteiger partial charge is 0.335 e. The van der Waals surface area contributed by atoms with Crippen LogP contribution in [-0.2, 0) is 0 Å². The van der Waals surface area contributed by atoms with E-state index < -0.39 is 5.97 Å². The molecular weight excluding hydrogens is 324 g/mol. The second-order valence-corrected chi connectivity index (χ2v) is 6.66. The number of hydrogen-bond acceptors (Lipinski definition) is 4. The molecule has 2 aromatic carbocycles. The maximum absolute atomic E-state index is 12.2. The topological polar surface area (TPSA) is 72.2 Å². The van der Waals surface area contributed by atoms with Gasteiger partial charge in [-0.15, -0.1) is 0 Å². The van der Waals surface area contributed by atoms with E-state index in [-0.39, 0.29) is 10.4 Å². The van der Waals surface area contributed by atoms with E-state index in [1.807, 2.05) is 24.3 Å². The first-order chi connectivity index (χ1) is 11.5. The molecule has 0 aliphatic carbocycles. The van der Waals surface area contributed by atoms with Crippen molar-refractivity contribution in [3.05, 3.63) is 69.3 Å². The van der Waals surface area contributed by atoms with Crippen molar-refractivity contribution in [1.82, 2.24) is 9.78 Å². The first-order valence-corrected chi connectivity index (χ1v) is 8.31. The van der Waals surface area contributed by atoms with Crippen LogP contribution < -0.4 is 4.87 Å². The van der Waals surface area contributed by atoms with Crippen molar-refractivity contribution in [3.63, 3.8) is 0 Å². The minimum absolute atomic E-state index is 0.121. The Kier molecular flexibility index (Phi) is 4.31. The lowest BCUT2D eigenvalue weighted by molar-refractivity contribution is 0.0697. The van der Waals surface area contributed by atoms with Crippen molar-refractivity contribution in [2.24, 2.45) is 0 Å². The number of carbonyl (C=O) groups is 1. The first-order valence-electron chi connectivity index (χ1n) is 7.50. The molecule has 0 atom stereocenters. The highest BCUT2D eigenvalue weighted by Crippen LogP contribution is 2.23.